The molecule has 1 aliphatic heterocycles. The molecule has 0 spiro atoms. The summed E-state index contributed by atoms with van der Waals surface area (Å²) in [5, 5.41) is 0. The Kier molecular flexibility index (Phi) is 8.53. The Morgan fingerprint density at radius 2 is 1.69 bits per heavy atom. The Bertz CT molecular complexity index is 93.3. The Morgan fingerprint density at radius 3 is 2.15 bits per heavy atom. The molecule has 1 heterocycles. The summed E-state index contributed by atoms with van der Waals surface area (Å²) in [7, 11) is 0. The van der Waals surface area contributed by atoms with Crippen molar-refractivity contribution in [2.45, 2.75) is 53.4 Å². The molecule has 0 N–H and O–H groups in total. The van der Waals surface area contributed by atoms with Gasteiger partial charge >= 0.3 is 0 Å². The lowest BCUT2D eigenvalue weighted by molar-refractivity contribution is 0.0623. The van der Waals surface area contributed by atoms with Gasteiger partial charge in [0.1, 0.15) is 0 Å². The summed E-state index contributed by atoms with van der Waals surface area (Å²) in [6, 6.07) is 0. The summed E-state index contributed by atoms with van der Waals surface area (Å²) in [5.74, 6) is 1.84. The summed E-state index contributed by atoms with van der Waals surface area (Å²) in [6.07, 6.45) is 5.41. The molecule has 80 valence electrons. The van der Waals surface area contributed by atoms with Gasteiger partial charge in [0.25, 0.3) is 0 Å². The van der Waals surface area contributed by atoms with E-state index in [0.717, 1.165) is 25.0 Å². The molecule has 0 aromatic carbocycles. The van der Waals surface area contributed by atoms with Crippen LogP contribution in [0.5, 0.6) is 0 Å². The first kappa shape index (κ1) is 13.0. The monoisotopic (exact) mass is 186 g/mol. The molecule has 1 heteroatoms. The third kappa shape index (κ3) is 7.06. The molecule has 1 saturated heterocycles. The SMILES string of the molecule is CC.CC(C)CCC1CCOCC1. The van der Waals surface area contributed by atoms with Crippen LogP contribution in [0.25, 0.3) is 0 Å². The molecule has 1 nitrogen and oxygen atoms in total. The van der Waals surface area contributed by atoms with E-state index >= 15 is 0 Å². The van der Waals surface area contributed by atoms with Crippen molar-refractivity contribution < 1.29 is 4.74 Å². The minimum Gasteiger partial charge on any atom is -0.381 e. The van der Waals surface area contributed by atoms with Gasteiger partial charge in [-0.25, -0.2) is 0 Å². The Hall–Kier alpha value is -0.0400. The largest absolute Gasteiger partial charge is 0.381 e. The Labute approximate surface area is 83.9 Å². The smallest absolute Gasteiger partial charge is 0.0468 e. The first-order valence-corrected chi connectivity index (χ1v) is 5.87. The van der Waals surface area contributed by atoms with Crippen LogP contribution >= 0.6 is 0 Å². The van der Waals surface area contributed by atoms with Crippen LogP contribution in [0.4, 0.5) is 0 Å². The molecule has 0 radical (unpaired) electrons. The predicted octanol–water partition coefficient (Wildman–Crippen LogP) is 3.88. The fraction of sp³-hybridized carbons (Fsp3) is 1.00. The third-order valence-electron chi connectivity index (χ3n) is 2.49. The van der Waals surface area contributed by atoms with Crippen LogP contribution in [-0.2, 0) is 4.74 Å². The molecule has 0 aromatic heterocycles. The van der Waals surface area contributed by atoms with Gasteiger partial charge in [-0.05, 0) is 24.7 Å². The molecule has 0 atom stereocenters. The normalized spacial score (nSPS) is 18.2. The number of rotatable bonds is 3. The van der Waals surface area contributed by atoms with E-state index in [-0.39, 0.29) is 0 Å². The van der Waals surface area contributed by atoms with E-state index in [0.29, 0.717) is 0 Å². The molecule has 0 amide bonds. The maximum atomic E-state index is 5.31. The second-order valence-electron chi connectivity index (χ2n) is 4.03. The van der Waals surface area contributed by atoms with Crippen LogP contribution in [0.1, 0.15) is 53.4 Å². The zero-order valence-corrected chi connectivity index (χ0v) is 9.81. The highest BCUT2D eigenvalue weighted by atomic mass is 16.5. The van der Waals surface area contributed by atoms with Crippen molar-refractivity contribution in [3.8, 4) is 0 Å². The lowest BCUT2D eigenvalue weighted by Crippen LogP contribution is -2.15. The van der Waals surface area contributed by atoms with Gasteiger partial charge in [0.2, 0.25) is 0 Å². The highest BCUT2D eigenvalue weighted by molar-refractivity contribution is 4.63. The lowest BCUT2D eigenvalue weighted by Gasteiger charge is -2.22. The van der Waals surface area contributed by atoms with Crippen molar-refractivity contribution >= 4 is 0 Å². The molecular formula is C12H26O. The summed E-state index contributed by atoms with van der Waals surface area (Å²) < 4.78 is 5.31. The maximum Gasteiger partial charge on any atom is 0.0468 e. The molecule has 0 bridgehead atoms. The van der Waals surface area contributed by atoms with E-state index in [1.54, 1.807) is 0 Å². The molecule has 0 aromatic rings. The average Bonchev–Trinajstić information content (AvgIpc) is 2.19. The first-order chi connectivity index (χ1) is 6.29. The molecule has 1 aliphatic rings. The standard InChI is InChI=1S/C10H20O.C2H6/c1-9(2)3-4-10-5-7-11-8-6-10;1-2/h9-10H,3-8H2,1-2H3;1-2H3. The molecular weight excluding hydrogens is 160 g/mol. The zero-order chi connectivity index (χ0) is 10.1. The Morgan fingerprint density at radius 1 is 1.15 bits per heavy atom. The highest BCUT2D eigenvalue weighted by Crippen LogP contribution is 2.21. The van der Waals surface area contributed by atoms with Crippen molar-refractivity contribution in [1.29, 1.82) is 0 Å². The predicted molar refractivity (Wildman–Crippen MR) is 59.0 cm³/mol. The van der Waals surface area contributed by atoms with Gasteiger partial charge in [-0.15, -0.1) is 0 Å². The molecule has 0 aliphatic carbocycles. The van der Waals surface area contributed by atoms with Gasteiger partial charge in [0, 0.05) is 13.2 Å². The summed E-state index contributed by atoms with van der Waals surface area (Å²) in [5.41, 5.74) is 0. The van der Waals surface area contributed by atoms with Crippen molar-refractivity contribution in [1.82, 2.24) is 0 Å². The van der Waals surface area contributed by atoms with Gasteiger partial charge in [0.15, 0.2) is 0 Å². The molecule has 0 unspecified atom stereocenters. The van der Waals surface area contributed by atoms with E-state index in [1.807, 2.05) is 13.8 Å². The fourth-order valence-corrected chi connectivity index (χ4v) is 1.60. The minimum atomic E-state index is 0.873. The molecule has 1 fully saturated rings. The third-order valence-corrected chi connectivity index (χ3v) is 2.49. The Balaban J connectivity index is 0.000000671. The second kappa shape index (κ2) is 8.55. The number of hydrogen-bond acceptors (Lipinski definition) is 1. The van der Waals surface area contributed by atoms with E-state index in [2.05, 4.69) is 13.8 Å². The van der Waals surface area contributed by atoms with Crippen molar-refractivity contribution in [2.24, 2.45) is 11.8 Å². The van der Waals surface area contributed by atoms with Crippen LogP contribution in [0, 0.1) is 11.8 Å². The lowest BCUT2D eigenvalue weighted by atomic mass is 9.92. The maximum absolute atomic E-state index is 5.31. The van der Waals surface area contributed by atoms with Crippen LogP contribution in [0.2, 0.25) is 0 Å². The summed E-state index contributed by atoms with van der Waals surface area (Å²) in [6.45, 7) is 10.6. The van der Waals surface area contributed by atoms with Crippen molar-refractivity contribution in [3.05, 3.63) is 0 Å². The summed E-state index contributed by atoms with van der Waals surface area (Å²) in [4.78, 5) is 0. The van der Waals surface area contributed by atoms with E-state index in [1.165, 1.54) is 25.7 Å². The topological polar surface area (TPSA) is 9.23 Å². The first-order valence-electron chi connectivity index (χ1n) is 5.87. The van der Waals surface area contributed by atoms with E-state index < -0.39 is 0 Å². The van der Waals surface area contributed by atoms with Crippen molar-refractivity contribution in [3.63, 3.8) is 0 Å². The molecule has 0 saturated carbocycles. The number of hydrogen-bond donors (Lipinski definition) is 0. The van der Waals surface area contributed by atoms with E-state index in [9.17, 15) is 0 Å². The van der Waals surface area contributed by atoms with Gasteiger partial charge < -0.3 is 4.74 Å². The average molecular weight is 186 g/mol. The highest BCUT2D eigenvalue weighted by Gasteiger charge is 2.13. The van der Waals surface area contributed by atoms with Gasteiger partial charge in [-0.2, -0.15) is 0 Å². The van der Waals surface area contributed by atoms with E-state index in [4.69, 9.17) is 4.74 Å². The molecule has 13 heavy (non-hydrogen) atoms. The summed E-state index contributed by atoms with van der Waals surface area (Å²) >= 11 is 0. The minimum absolute atomic E-state index is 0.873. The zero-order valence-electron chi connectivity index (χ0n) is 9.81. The second-order valence-corrected chi connectivity index (χ2v) is 4.03. The molecule has 1 rings (SSSR count). The van der Waals surface area contributed by atoms with Gasteiger partial charge in [-0.1, -0.05) is 40.5 Å². The van der Waals surface area contributed by atoms with Crippen molar-refractivity contribution in [2.75, 3.05) is 13.2 Å². The van der Waals surface area contributed by atoms with Gasteiger partial charge in [-0.3, -0.25) is 0 Å². The van der Waals surface area contributed by atoms with Crippen LogP contribution in [-0.4, -0.2) is 13.2 Å². The fourth-order valence-electron chi connectivity index (χ4n) is 1.60. The van der Waals surface area contributed by atoms with Crippen LogP contribution in [0.15, 0.2) is 0 Å². The number of ether oxygens (including phenoxy) is 1. The quantitative estimate of drug-likeness (QED) is 0.650. The van der Waals surface area contributed by atoms with Crippen LogP contribution in [0.3, 0.4) is 0 Å². The van der Waals surface area contributed by atoms with Gasteiger partial charge in [0.05, 0.1) is 0 Å². The van der Waals surface area contributed by atoms with Crippen LogP contribution < -0.4 is 0 Å².